The fourth-order valence-electron chi connectivity index (χ4n) is 2.37. The Morgan fingerprint density at radius 3 is 2.70 bits per heavy atom. The van der Waals surface area contributed by atoms with Crippen LogP contribution in [-0.2, 0) is 4.79 Å². The average molecular weight is 483 g/mol. The molecular formula is C19H22N4O3S4. The Labute approximate surface area is 192 Å². The molecule has 3 aromatic rings. The van der Waals surface area contributed by atoms with Crippen LogP contribution in [0, 0.1) is 0 Å². The smallest absolute Gasteiger partial charge is 0.236 e. The van der Waals surface area contributed by atoms with Gasteiger partial charge < -0.3 is 14.8 Å². The summed E-state index contributed by atoms with van der Waals surface area (Å²) in [4.78, 5) is 16.8. The fourth-order valence-corrected chi connectivity index (χ4v) is 6.07. The molecule has 30 heavy (non-hydrogen) atoms. The van der Waals surface area contributed by atoms with Gasteiger partial charge in [-0.05, 0) is 18.6 Å². The van der Waals surface area contributed by atoms with Gasteiger partial charge >= 0.3 is 0 Å². The molecule has 7 nitrogen and oxygen atoms in total. The number of nitrogens with zero attached hydrogens (tertiary/aromatic N) is 3. The maximum atomic E-state index is 12.3. The zero-order valence-corrected chi connectivity index (χ0v) is 20.1. The average Bonchev–Trinajstić information content (AvgIpc) is 3.41. The molecule has 1 N–H and O–H groups in total. The van der Waals surface area contributed by atoms with Crippen molar-refractivity contribution in [1.82, 2.24) is 15.2 Å². The number of benzene rings is 1. The van der Waals surface area contributed by atoms with Crippen molar-refractivity contribution in [2.45, 2.75) is 28.4 Å². The van der Waals surface area contributed by atoms with E-state index in [0.29, 0.717) is 16.6 Å². The van der Waals surface area contributed by atoms with Gasteiger partial charge in [0.05, 0.1) is 25.7 Å². The lowest BCUT2D eigenvalue weighted by molar-refractivity contribution is -0.113. The predicted octanol–water partition coefficient (Wildman–Crippen LogP) is 5.30. The molecule has 0 saturated carbocycles. The Balaban J connectivity index is 1.54. The van der Waals surface area contributed by atoms with Gasteiger partial charge in [0.25, 0.3) is 0 Å². The molecule has 0 aliphatic rings. The van der Waals surface area contributed by atoms with Crippen molar-refractivity contribution in [3.8, 4) is 22.8 Å². The van der Waals surface area contributed by atoms with E-state index in [1.165, 1.54) is 34.4 Å². The third kappa shape index (κ3) is 6.34. The lowest BCUT2D eigenvalue weighted by atomic mass is 10.1. The zero-order chi connectivity index (χ0) is 21.3. The number of carbonyl (C=O) groups is 1. The van der Waals surface area contributed by atoms with Crippen LogP contribution in [0.2, 0.25) is 0 Å². The first kappa shape index (κ1) is 22.9. The van der Waals surface area contributed by atoms with Crippen LogP contribution in [0.3, 0.4) is 0 Å². The van der Waals surface area contributed by atoms with Gasteiger partial charge in [0.15, 0.2) is 13.8 Å². The summed E-state index contributed by atoms with van der Waals surface area (Å²) in [7, 11) is 3.21. The first-order valence-corrected chi connectivity index (χ1v) is 12.9. The molecule has 2 aromatic heterocycles. The molecule has 0 spiro atoms. The number of unbranched alkanes of at least 4 members (excludes halogenated alkanes) is 1. The van der Waals surface area contributed by atoms with Crippen LogP contribution in [0.4, 0.5) is 5.13 Å². The Kier molecular flexibility index (Phi) is 8.79. The van der Waals surface area contributed by atoms with Crippen LogP contribution in [0.15, 0.2) is 32.3 Å². The summed E-state index contributed by atoms with van der Waals surface area (Å²) in [6, 6.07) is 5.54. The molecular weight excluding hydrogens is 461 g/mol. The van der Waals surface area contributed by atoms with E-state index in [1.54, 1.807) is 32.0 Å². The fraction of sp³-hybridized carbons (Fsp3) is 0.368. The Hall–Kier alpha value is -1.82. The maximum absolute atomic E-state index is 12.3. The van der Waals surface area contributed by atoms with Crippen LogP contribution < -0.4 is 14.8 Å². The highest BCUT2D eigenvalue weighted by Gasteiger charge is 2.14. The predicted molar refractivity (Wildman–Crippen MR) is 126 cm³/mol. The minimum Gasteiger partial charge on any atom is -0.497 e. The monoisotopic (exact) mass is 482 g/mol. The summed E-state index contributed by atoms with van der Waals surface area (Å²) in [5.41, 5.74) is 1.58. The largest absolute Gasteiger partial charge is 0.497 e. The van der Waals surface area contributed by atoms with Gasteiger partial charge in [-0.15, -0.1) is 21.5 Å². The number of aromatic nitrogens is 3. The van der Waals surface area contributed by atoms with Crippen LogP contribution >= 0.6 is 46.2 Å². The van der Waals surface area contributed by atoms with Crippen molar-refractivity contribution in [3.05, 3.63) is 23.6 Å². The van der Waals surface area contributed by atoms with Gasteiger partial charge in [0, 0.05) is 22.8 Å². The van der Waals surface area contributed by atoms with Crippen LogP contribution in [0.5, 0.6) is 11.5 Å². The van der Waals surface area contributed by atoms with E-state index in [9.17, 15) is 4.79 Å². The summed E-state index contributed by atoms with van der Waals surface area (Å²) in [6.07, 6.45) is 2.32. The first-order chi connectivity index (χ1) is 14.6. The summed E-state index contributed by atoms with van der Waals surface area (Å²) in [5.74, 6) is 2.55. The standard InChI is InChI=1S/C19H22N4O3S4/c1-4-5-8-27-18-22-23-19(30-18)29-11-16(24)21-17-20-14(10-28-17)13-7-6-12(25-2)9-15(13)26-3/h6-7,9-10H,4-5,8,11H2,1-3H3,(H,20,21,24). The number of anilines is 1. The summed E-state index contributed by atoms with van der Waals surface area (Å²) in [6.45, 7) is 2.17. The van der Waals surface area contributed by atoms with Gasteiger partial charge in [0.2, 0.25) is 5.91 Å². The van der Waals surface area contributed by atoms with Crippen LogP contribution in [-0.4, -0.2) is 46.8 Å². The Bertz CT molecular complexity index is 976. The van der Waals surface area contributed by atoms with E-state index < -0.39 is 0 Å². The molecule has 0 aliphatic heterocycles. The topological polar surface area (TPSA) is 86.2 Å². The third-order valence-corrected chi connectivity index (χ3v) is 7.91. The van der Waals surface area contributed by atoms with Crippen molar-refractivity contribution in [3.63, 3.8) is 0 Å². The summed E-state index contributed by atoms with van der Waals surface area (Å²) >= 11 is 5.99. The number of thiazole rings is 1. The van der Waals surface area contributed by atoms with Gasteiger partial charge in [-0.3, -0.25) is 4.79 Å². The SMILES string of the molecule is CCCCSc1nnc(SCC(=O)Nc2nc(-c3ccc(OC)cc3OC)cs2)s1. The molecule has 1 aromatic carbocycles. The second-order valence-corrected chi connectivity index (χ2v) is 10.4. The number of hydrogen-bond acceptors (Lipinski definition) is 10. The van der Waals surface area contributed by atoms with Crippen molar-refractivity contribution in [2.24, 2.45) is 0 Å². The number of nitrogens with one attached hydrogen (secondary N) is 1. The first-order valence-electron chi connectivity index (χ1n) is 9.19. The second-order valence-electron chi connectivity index (χ2n) is 5.98. The molecule has 0 fully saturated rings. The normalized spacial score (nSPS) is 10.8. The molecule has 0 unspecified atom stereocenters. The Morgan fingerprint density at radius 2 is 1.97 bits per heavy atom. The molecule has 0 saturated heterocycles. The Morgan fingerprint density at radius 1 is 1.17 bits per heavy atom. The number of hydrogen-bond donors (Lipinski definition) is 1. The molecule has 0 atom stereocenters. The molecule has 11 heteroatoms. The molecule has 3 rings (SSSR count). The molecule has 0 aliphatic carbocycles. The lowest BCUT2D eigenvalue weighted by Gasteiger charge is -2.08. The van der Waals surface area contributed by atoms with E-state index in [1.807, 2.05) is 17.5 Å². The van der Waals surface area contributed by atoms with Crippen LogP contribution in [0.1, 0.15) is 19.8 Å². The molecule has 160 valence electrons. The highest BCUT2D eigenvalue weighted by atomic mass is 32.2. The maximum Gasteiger partial charge on any atom is 0.236 e. The lowest BCUT2D eigenvalue weighted by Crippen LogP contribution is -2.13. The van der Waals surface area contributed by atoms with Crippen molar-refractivity contribution in [1.29, 1.82) is 0 Å². The third-order valence-electron chi connectivity index (χ3n) is 3.87. The van der Waals surface area contributed by atoms with E-state index >= 15 is 0 Å². The van der Waals surface area contributed by atoms with E-state index in [0.717, 1.165) is 38.5 Å². The molecule has 0 radical (unpaired) electrons. The highest BCUT2D eigenvalue weighted by molar-refractivity contribution is 8.03. The number of methoxy groups -OCH3 is 2. The van der Waals surface area contributed by atoms with Crippen molar-refractivity contribution >= 4 is 57.2 Å². The molecule has 1 amide bonds. The summed E-state index contributed by atoms with van der Waals surface area (Å²) in [5, 5.41) is 13.6. The van der Waals surface area contributed by atoms with E-state index in [4.69, 9.17) is 9.47 Å². The van der Waals surface area contributed by atoms with E-state index in [2.05, 4.69) is 27.4 Å². The number of thioether (sulfide) groups is 2. The van der Waals surface area contributed by atoms with Gasteiger partial charge in [-0.25, -0.2) is 4.98 Å². The number of carbonyl (C=O) groups excluding carboxylic acids is 1. The minimum atomic E-state index is -0.127. The number of ether oxygens (including phenoxy) is 2. The zero-order valence-electron chi connectivity index (χ0n) is 16.8. The van der Waals surface area contributed by atoms with Crippen molar-refractivity contribution < 1.29 is 14.3 Å². The molecule has 2 heterocycles. The van der Waals surface area contributed by atoms with Gasteiger partial charge in [0.1, 0.15) is 11.5 Å². The quantitative estimate of drug-likeness (QED) is 0.291. The van der Waals surface area contributed by atoms with Gasteiger partial charge in [-0.2, -0.15) is 0 Å². The second kappa shape index (κ2) is 11.5. The van der Waals surface area contributed by atoms with Gasteiger partial charge in [-0.1, -0.05) is 48.2 Å². The molecule has 0 bridgehead atoms. The minimum absolute atomic E-state index is 0.127. The number of rotatable bonds is 11. The van der Waals surface area contributed by atoms with Crippen LogP contribution in [0.25, 0.3) is 11.3 Å². The van der Waals surface area contributed by atoms with Crippen molar-refractivity contribution in [2.75, 3.05) is 31.0 Å². The highest BCUT2D eigenvalue weighted by Crippen LogP contribution is 2.35. The number of amides is 1. The summed E-state index contributed by atoms with van der Waals surface area (Å²) < 4.78 is 12.4. The van der Waals surface area contributed by atoms with E-state index in [-0.39, 0.29) is 11.7 Å².